The molecule has 0 atom stereocenters. The van der Waals surface area contributed by atoms with E-state index in [2.05, 4.69) is 4.98 Å². The molecule has 0 spiro atoms. The number of hydrogen-bond donors (Lipinski definition) is 1. The first-order valence-corrected chi connectivity index (χ1v) is 10.2. The lowest BCUT2D eigenvalue weighted by Gasteiger charge is -2.34. The van der Waals surface area contributed by atoms with Gasteiger partial charge in [0.05, 0.1) is 18.4 Å². The molecule has 9 heteroatoms. The summed E-state index contributed by atoms with van der Waals surface area (Å²) in [5.41, 5.74) is 1.39. The molecule has 2 heterocycles. The SMILES string of the molecule is CN(CC(=O)N1CCN(S(C)(=O)=O)CC1)C(=O)c1c[nH]c2ccccc12. The third-order valence-electron chi connectivity index (χ3n) is 4.60. The number of nitrogens with one attached hydrogen (secondary N) is 1. The summed E-state index contributed by atoms with van der Waals surface area (Å²) in [7, 11) is -1.64. The average Bonchev–Trinajstić information content (AvgIpc) is 3.04. The topological polar surface area (TPSA) is 93.8 Å². The number of para-hydroxylation sites is 1. The van der Waals surface area contributed by atoms with Crippen LogP contribution in [-0.4, -0.2) is 85.3 Å². The normalized spacial score (nSPS) is 16.0. The van der Waals surface area contributed by atoms with Crippen LogP contribution < -0.4 is 0 Å². The number of fused-ring (bicyclic) bond motifs is 1. The van der Waals surface area contributed by atoms with Gasteiger partial charge in [-0.15, -0.1) is 0 Å². The Labute approximate surface area is 152 Å². The van der Waals surface area contributed by atoms with Gasteiger partial charge in [0, 0.05) is 50.3 Å². The molecule has 8 nitrogen and oxygen atoms in total. The molecule has 0 saturated carbocycles. The van der Waals surface area contributed by atoms with E-state index in [0.717, 1.165) is 17.2 Å². The highest BCUT2D eigenvalue weighted by molar-refractivity contribution is 7.88. The van der Waals surface area contributed by atoms with Crippen molar-refractivity contribution >= 4 is 32.7 Å². The van der Waals surface area contributed by atoms with E-state index in [-0.39, 0.29) is 31.4 Å². The Hall–Kier alpha value is -2.39. The maximum absolute atomic E-state index is 12.7. The first-order valence-electron chi connectivity index (χ1n) is 8.32. The number of benzene rings is 1. The number of carbonyl (C=O) groups excluding carboxylic acids is 2. The molecule has 140 valence electrons. The van der Waals surface area contributed by atoms with Gasteiger partial charge in [-0.2, -0.15) is 4.31 Å². The minimum absolute atomic E-state index is 0.0444. The zero-order valence-electron chi connectivity index (χ0n) is 14.8. The van der Waals surface area contributed by atoms with Crippen LogP contribution in [0.3, 0.4) is 0 Å². The van der Waals surface area contributed by atoms with Crippen molar-refractivity contribution in [3.05, 3.63) is 36.0 Å². The fraction of sp³-hybridized carbons (Fsp3) is 0.412. The number of likely N-dealkylation sites (N-methyl/N-ethyl adjacent to an activating group) is 1. The molecule has 2 aromatic rings. The number of H-pyrrole nitrogens is 1. The molecule has 2 amide bonds. The van der Waals surface area contributed by atoms with Crippen LogP contribution >= 0.6 is 0 Å². The fourth-order valence-corrected chi connectivity index (χ4v) is 3.92. The summed E-state index contributed by atoms with van der Waals surface area (Å²) in [5.74, 6) is -0.417. The number of carbonyl (C=O) groups is 2. The van der Waals surface area contributed by atoms with Crippen molar-refractivity contribution in [3.63, 3.8) is 0 Å². The Morgan fingerprint density at radius 2 is 1.81 bits per heavy atom. The molecule has 1 saturated heterocycles. The number of amides is 2. The lowest BCUT2D eigenvalue weighted by Crippen LogP contribution is -2.52. The van der Waals surface area contributed by atoms with Gasteiger partial charge < -0.3 is 14.8 Å². The smallest absolute Gasteiger partial charge is 0.256 e. The van der Waals surface area contributed by atoms with Gasteiger partial charge in [0.2, 0.25) is 15.9 Å². The van der Waals surface area contributed by atoms with Crippen LogP contribution in [0.1, 0.15) is 10.4 Å². The quantitative estimate of drug-likeness (QED) is 0.830. The number of rotatable bonds is 4. The molecular formula is C17H22N4O4S. The van der Waals surface area contributed by atoms with Gasteiger partial charge in [0.25, 0.3) is 5.91 Å². The van der Waals surface area contributed by atoms with Crippen LogP contribution in [0.15, 0.2) is 30.5 Å². The number of nitrogens with zero attached hydrogens (tertiary/aromatic N) is 3. The van der Waals surface area contributed by atoms with E-state index >= 15 is 0 Å². The van der Waals surface area contributed by atoms with Crippen molar-refractivity contribution in [1.82, 2.24) is 19.1 Å². The number of aromatic nitrogens is 1. The second-order valence-electron chi connectivity index (χ2n) is 6.45. The van der Waals surface area contributed by atoms with Crippen molar-refractivity contribution in [1.29, 1.82) is 0 Å². The minimum Gasteiger partial charge on any atom is -0.360 e. The van der Waals surface area contributed by atoms with E-state index in [1.165, 1.54) is 9.21 Å². The number of aromatic amines is 1. The summed E-state index contributed by atoms with van der Waals surface area (Å²) in [4.78, 5) is 31.2. The van der Waals surface area contributed by atoms with Crippen LogP contribution in [0.5, 0.6) is 0 Å². The van der Waals surface area contributed by atoms with E-state index in [1.807, 2.05) is 24.3 Å². The highest BCUT2D eigenvalue weighted by Gasteiger charge is 2.27. The summed E-state index contributed by atoms with van der Waals surface area (Å²) < 4.78 is 24.4. The standard InChI is InChI=1S/C17H22N4O4S/c1-19(17(23)14-11-18-15-6-4-3-5-13(14)15)12-16(22)20-7-9-21(10-8-20)26(2,24)25/h3-6,11,18H,7-10,12H2,1-2H3. The van der Waals surface area contributed by atoms with E-state index in [0.29, 0.717) is 18.7 Å². The first kappa shape index (κ1) is 18.4. The van der Waals surface area contributed by atoms with Crippen molar-refractivity contribution < 1.29 is 18.0 Å². The summed E-state index contributed by atoms with van der Waals surface area (Å²) in [6.45, 7) is 1.19. The van der Waals surface area contributed by atoms with Gasteiger partial charge in [0.15, 0.2) is 0 Å². The monoisotopic (exact) mass is 378 g/mol. The third kappa shape index (κ3) is 3.73. The minimum atomic E-state index is -3.23. The summed E-state index contributed by atoms with van der Waals surface area (Å²) in [6.07, 6.45) is 2.82. The maximum Gasteiger partial charge on any atom is 0.256 e. The molecule has 3 rings (SSSR count). The summed E-state index contributed by atoms with van der Waals surface area (Å²) >= 11 is 0. The molecule has 0 radical (unpaired) electrons. The van der Waals surface area contributed by atoms with Gasteiger partial charge in [0.1, 0.15) is 0 Å². The zero-order chi connectivity index (χ0) is 18.9. The molecule has 1 N–H and O–H groups in total. The van der Waals surface area contributed by atoms with Crippen LogP contribution in [0, 0.1) is 0 Å². The predicted octanol–water partition coefficient (Wildman–Crippen LogP) is 0.344. The van der Waals surface area contributed by atoms with Crippen molar-refractivity contribution in [3.8, 4) is 0 Å². The lowest BCUT2D eigenvalue weighted by molar-refractivity contribution is -0.132. The van der Waals surface area contributed by atoms with Crippen molar-refractivity contribution in [2.45, 2.75) is 0 Å². The van der Waals surface area contributed by atoms with E-state index in [1.54, 1.807) is 18.1 Å². The Bertz CT molecular complexity index is 929. The Morgan fingerprint density at radius 1 is 1.15 bits per heavy atom. The van der Waals surface area contributed by atoms with Crippen LogP contribution in [0.2, 0.25) is 0 Å². The van der Waals surface area contributed by atoms with Gasteiger partial charge in [-0.05, 0) is 6.07 Å². The first-order chi connectivity index (χ1) is 12.3. The lowest BCUT2D eigenvalue weighted by atomic mass is 10.1. The molecular weight excluding hydrogens is 356 g/mol. The van der Waals surface area contributed by atoms with E-state index in [4.69, 9.17) is 0 Å². The maximum atomic E-state index is 12.7. The van der Waals surface area contributed by atoms with Crippen molar-refractivity contribution in [2.24, 2.45) is 0 Å². The molecule has 26 heavy (non-hydrogen) atoms. The molecule has 1 fully saturated rings. The Balaban J connectivity index is 1.62. The van der Waals surface area contributed by atoms with E-state index < -0.39 is 10.0 Å². The molecule has 0 bridgehead atoms. The highest BCUT2D eigenvalue weighted by Crippen LogP contribution is 2.19. The van der Waals surface area contributed by atoms with Crippen LogP contribution in [-0.2, 0) is 14.8 Å². The van der Waals surface area contributed by atoms with Gasteiger partial charge >= 0.3 is 0 Å². The van der Waals surface area contributed by atoms with Gasteiger partial charge in [-0.1, -0.05) is 18.2 Å². The molecule has 0 unspecified atom stereocenters. The number of sulfonamides is 1. The van der Waals surface area contributed by atoms with Gasteiger partial charge in [-0.3, -0.25) is 9.59 Å². The highest BCUT2D eigenvalue weighted by atomic mass is 32.2. The molecule has 1 aliphatic heterocycles. The van der Waals surface area contributed by atoms with Gasteiger partial charge in [-0.25, -0.2) is 8.42 Å². The summed E-state index contributed by atoms with van der Waals surface area (Å²) in [5, 5.41) is 0.818. The average molecular weight is 378 g/mol. The molecule has 1 aliphatic rings. The molecule has 0 aliphatic carbocycles. The van der Waals surface area contributed by atoms with Crippen LogP contribution in [0.25, 0.3) is 10.9 Å². The summed E-state index contributed by atoms with van der Waals surface area (Å²) in [6, 6.07) is 7.49. The van der Waals surface area contributed by atoms with Crippen molar-refractivity contribution in [2.75, 3.05) is 46.0 Å². The molecule has 1 aromatic carbocycles. The Morgan fingerprint density at radius 3 is 2.46 bits per heavy atom. The second kappa shape index (κ2) is 7.08. The van der Waals surface area contributed by atoms with E-state index in [9.17, 15) is 18.0 Å². The Kier molecular flexibility index (Phi) is 5.01. The molecule has 1 aromatic heterocycles. The third-order valence-corrected chi connectivity index (χ3v) is 5.90. The fourth-order valence-electron chi connectivity index (χ4n) is 3.10. The number of piperazine rings is 1. The zero-order valence-corrected chi connectivity index (χ0v) is 15.6. The number of hydrogen-bond acceptors (Lipinski definition) is 4. The predicted molar refractivity (Wildman–Crippen MR) is 98.3 cm³/mol. The van der Waals surface area contributed by atoms with Crippen LogP contribution in [0.4, 0.5) is 0 Å². The largest absolute Gasteiger partial charge is 0.360 e. The second-order valence-corrected chi connectivity index (χ2v) is 8.43.